The number of aromatic amines is 1. The van der Waals surface area contributed by atoms with E-state index in [4.69, 9.17) is 0 Å². The first kappa shape index (κ1) is 13.2. The van der Waals surface area contributed by atoms with Crippen LogP contribution in [0.1, 0.15) is 48.8 Å². The minimum atomic E-state index is 0.587. The topological polar surface area (TPSA) is 53.6 Å². The average Bonchev–Trinajstić information content (AvgIpc) is 3.11. The van der Waals surface area contributed by atoms with Crippen molar-refractivity contribution in [3.63, 3.8) is 0 Å². The quantitative estimate of drug-likeness (QED) is 0.875. The van der Waals surface area contributed by atoms with Crippen molar-refractivity contribution in [2.24, 2.45) is 0 Å². The maximum absolute atomic E-state index is 4.64. The molecule has 1 aliphatic rings. The minimum absolute atomic E-state index is 0.587. The first-order valence-corrected chi connectivity index (χ1v) is 7.53. The minimum Gasteiger partial charge on any atom is -0.384 e. The van der Waals surface area contributed by atoms with Crippen LogP contribution < -0.4 is 5.32 Å². The maximum Gasteiger partial charge on any atom is 0.153 e. The van der Waals surface area contributed by atoms with Crippen molar-refractivity contribution in [3.8, 4) is 0 Å². The standard InChI is InChI=1S/C16H22N4/c1-12-6-2-5-9-14(12)17-11-10-15-18-16(20-19-15)13-7-3-4-8-13/h2,5-6,9,13,17H,3-4,7-8,10-11H2,1H3,(H,18,19,20). The summed E-state index contributed by atoms with van der Waals surface area (Å²) >= 11 is 0. The van der Waals surface area contributed by atoms with Gasteiger partial charge >= 0.3 is 0 Å². The van der Waals surface area contributed by atoms with Crippen LogP contribution in [0.2, 0.25) is 0 Å². The van der Waals surface area contributed by atoms with Crippen molar-refractivity contribution in [2.45, 2.75) is 44.9 Å². The van der Waals surface area contributed by atoms with Crippen LogP contribution in [-0.2, 0) is 6.42 Å². The Hall–Kier alpha value is -1.84. The van der Waals surface area contributed by atoms with Crippen LogP contribution in [0.4, 0.5) is 5.69 Å². The second-order valence-corrected chi connectivity index (χ2v) is 5.61. The highest BCUT2D eigenvalue weighted by Gasteiger charge is 2.20. The van der Waals surface area contributed by atoms with Gasteiger partial charge < -0.3 is 5.32 Å². The predicted octanol–water partition coefficient (Wildman–Crippen LogP) is 3.43. The molecule has 1 aliphatic carbocycles. The van der Waals surface area contributed by atoms with Crippen LogP contribution in [0.5, 0.6) is 0 Å². The molecular weight excluding hydrogens is 248 g/mol. The van der Waals surface area contributed by atoms with E-state index in [2.05, 4.69) is 51.7 Å². The zero-order chi connectivity index (χ0) is 13.8. The molecule has 0 aliphatic heterocycles. The molecule has 4 heteroatoms. The number of aromatic nitrogens is 3. The van der Waals surface area contributed by atoms with Crippen molar-refractivity contribution in [1.29, 1.82) is 0 Å². The van der Waals surface area contributed by atoms with Crippen LogP contribution in [0.3, 0.4) is 0 Å². The molecule has 20 heavy (non-hydrogen) atoms. The van der Waals surface area contributed by atoms with Crippen LogP contribution in [0, 0.1) is 6.92 Å². The van der Waals surface area contributed by atoms with Crippen molar-refractivity contribution in [2.75, 3.05) is 11.9 Å². The van der Waals surface area contributed by atoms with E-state index in [1.807, 2.05) is 0 Å². The number of aryl methyl sites for hydroxylation is 1. The number of nitrogens with one attached hydrogen (secondary N) is 2. The molecule has 1 aromatic carbocycles. The van der Waals surface area contributed by atoms with E-state index < -0.39 is 0 Å². The molecule has 4 nitrogen and oxygen atoms in total. The number of anilines is 1. The highest BCUT2D eigenvalue weighted by molar-refractivity contribution is 5.50. The van der Waals surface area contributed by atoms with Gasteiger partial charge in [-0.1, -0.05) is 31.0 Å². The first-order valence-electron chi connectivity index (χ1n) is 7.53. The van der Waals surface area contributed by atoms with Crippen LogP contribution in [0.15, 0.2) is 24.3 Å². The van der Waals surface area contributed by atoms with Gasteiger partial charge in [-0.3, -0.25) is 5.10 Å². The zero-order valence-corrected chi connectivity index (χ0v) is 12.0. The Bertz CT molecular complexity index is 555. The lowest BCUT2D eigenvalue weighted by Crippen LogP contribution is -2.07. The zero-order valence-electron chi connectivity index (χ0n) is 12.0. The van der Waals surface area contributed by atoms with Gasteiger partial charge in [0.25, 0.3) is 0 Å². The molecule has 0 atom stereocenters. The number of para-hydroxylation sites is 1. The summed E-state index contributed by atoms with van der Waals surface area (Å²) in [6.45, 7) is 3.00. The number of nitrogens with zero attached hydrogens (tertiary/aromatic N) is 2. The van der Waals surface area contributed by atoms with Gasteiger partial charge in [-0.05, 0) is 31.4 Å². The summed E-state index contributed by atoms with van der Waals surface area (Å²) in [4.78, 5) is 4.64. The Kier molecular flexibility index (Phi) is 4.00. The summed E-state index contributed by atoms with van der Waals surface area (Å²) in [6.07, 6.45) is 6.03. The first-order chi connectivity index (χ1) is 9.83. The molecule has 1 heterocycles. The summed E-state index contributed by atoms with van der Waals surface area (Å²) in [6, 6.07) is 8.35. The highest BCUT2D eigenvalue weighted by Crippen LogP contribution is 2.31. The van der Waals surface area contributed by atoms with Gasteiger partial charge in [0.15, 0.2) is 5.82 Å². The van der Waals surface area contributed by atoms with Gasteiger partial charge in [-0.25, -0.2) is 4.98 Å². The van der Waals surface area contributed by atoms with E-state index in [1.54, 1.807) is 0 Å². The molecule has 0 bridgehead atoms. The third kappa shape index (κ3) is 3.00. The second-order valence-electron chi connectivity index (χ2n) is 5.61. The third-order valence-corrected chi connectivity index (χ3v) is 4.09. The maximum atomic E-state index is 4.64. The van der Waals surface area contributed by atoms with Gasteiger partial charge in [0.2, 0.25) is 0 Å². The van der Waals surface area contributed by atoms with E-state index in [1.165, 1.54) is 36.9 Å². The Balaban J connectivity index is 1.52. The van der Waals surface area contributed by atoms with E-state index in [0.717, 1.165) is 24.6 Å². The molecule has 3 rings (SSSR count). The molecule has 0 unspecified atom stereocenters. The highest BCUT2D eigenvalue weighted by atomic mass is 15.2. The van der Waals surface area contributed by atoms with Crippen LogP contribution >= 0.6 is 0 Å². The van der Waals surface area contributed by atoms with Gasteiger partial charge in [0, 0.05) is 24.6 Å². The molecule has 2 aromatic rings. The van der Waals surface area contributed by atoms with E-state index in [0.29, 0.717) is 5.92 Å². The van der Waals surface area contributed by atoms with E-state index in [-0.39, 0.29) is 0 Å². The van der Waals surface area contributed by atoms with E-state index in [9.17, 15) is 0 Å². The van der Waals surface area contributed by atoms with Gasteiger partial charge in [0.1, 0.15) is 5.82 Å². The summed E-state index contributed by atoms with van der Waals surface area (Å²) < 4.78 is 0. The van der Waals surface area contributed by atoms with Crippen molar-refractivity contribution < 1.29 is 0 Å². The third-order valence-electron chi connectivity index (χ3n) is 4.09. The Morgan fingerprint density at radius 3 is 2.85 bits per heavy atom. The summed E-state index contributed by atoms with van der Waals surface area (Å²) in [5.74, 6) is 2.60. The normalized spacial score (nSPS) is 15.7. The van der Waals surface area contributed by atoms with Crippen LogP contribution in [0.25, 0.3) is 0 Å². The smallest absolute Gasteiger partial charge is 0.153 e. The lowest BCUT2D eigenvalue weighted by molar-refractivity contribution is 0.671. The number of hydrogen-bond acceptors (Lipinski definition) is 3. The van der Waals surface area contributed by atoms with Crippen molar-refractivity contribution >= 4 is 5.69 Å². The summed E-state index contributed by atoms with van der Waals surface area (Å²) in [7, 11) is 0. The Morgan fingerprint density at radius 1 is 1.25 bits per heavy atom. The monoisotopic (exact) mass is 270 g/mol. The lowest BCUT2D eigenvalue weighted by atomic mass is 10.1. The van der Waals surface area contributed by atoms with Gasteiger partial charge in [0.05, 0.1) is 0 Å². The molecule has 1 saturated carbocycles. The van der Waals surface area contributed by atoms with Gasteiger partial charge in [-0.2, -0.15) is 5.10 Å². The molecular formula is C16H22N4. The van der Waals surface area contributed by atoms with Crippen LogP contribution in [-0.4, -0.2) is 21.7 Å². The van der Waals surface area contributed by atoms with Crippen molar-refractivity contribution in [1.82, 2.24) is 15.2 Å². The molecule has 2 N–H and O–H groups in total. The van der Waals surface area contributed by atoms with Crippen molar-refractivity contribution in [3.05, 3.63) is 41.5 Å². The largest absolute Gasteiger partial charge is 0.384 e. The number of benzene rings is 1. The molecule has 106 valence electrons. The number of hydrogen-bond donors (Lipinski definition) is 2. The molecule has 0 amide bonds. The number of rotatable bonds is 5. The Morgan fingerprint density at radius 2 is 2.05 bits per heavy atom. The Labute approximate surface area is 120 Å². The second kappa shape index (κ2) is 6.07. The average molecular weight is 270 g/mol. The van der Waals surface area contributed by atoms with Gasteiger partial charge in [-0.15, -0.1) is 0 Å². The lowest BCUT2D eigenvalue weighted by Gasteiger charge is -2.07. The number of H-pyrrole nitrogens is 1. The van der Waals surface area contributed by atoms with E-state index >= 15 is 0 Å². The molecule has 1 fully saturated rings. The fraction of sp³-hybridized carbons (Fsp3) is 0.500. The molecule has 0 saturated heterocycles. The summed E-state index contributed by atoms with van der Waals surface area (Å²) in [5, 5.41) is 10.9. The molecule has 0 spiro atoms. The summed E-state index contributed by atoms with van der Waals surface area (Å²) in [5.41, 5.74) is 2.47. The molecule has 1 aromatic heterocycles. The fourth-order valence-electron chi connectivity index (χ4n) is 2.88. The SMILES string of the molecule is Cc1ccccc1NCCc1nc(C2CCCC2)n[nH]1. The molecule has 0 radical (unpaired) electrons. The fourth-order valence-corrected chi connectivity index (χ4v) is 2.88. The predicted molar refractivity (Wildman–Crippen MR) is 81.0 cm³/mol.